The van der Waals surface area contributed by atoms with Gasteiger partial charge in [-0.3, -0.25) is 4.79 Å². The Bertz CT molecular complexity index is 440. The number of likely N-dealkylation sites (tertiary alicyclic amines) is 1. The SMILES string of the molecule is CN1CCC(NC(=O)c2cn(C3CNC3)nn2)C1. The topological polar surface area (TPSA) is 75.1 Å². The monoisotopic (exact) mass is 250 g/mol. The molecule has 1 unspecified atom stereocenters. The highest BCUT2D eigenvalue weighted by Crippen LogP contribution is 2.11. The summed E-state index contributed by atoms with van der Waals surface area (Å²) in [5.74, 6) is -0.117. The molecule has 0 spiro atoms. The van der Waals surface area contributed by atoms with Crippen LogP contribution in [0.4, 0.5) is 0 Å². The van der Waals surface area contributed by atoms with Crippen molar-refractivity contribution in [1.29, 1.82) is 0 Å². The predicted octanol–water partition coefficient (Wildman–Crippen LogP) is -1.14. The molecule has 1 aromatic rings. The maximum atomic E-state index is 12.0. The summed E-state index contributed by atoms with van der Waals surface area (Å²) in [5, 5.41) is 14.1. The van der Waals surface area contributed by atoms with Crippen LogP contribution in [0.2, 0.25) is 0 Å². The fourth-order valence-electron chi connectivity index (χ4n) is 2.33. The largest absolute Gasteiger partial charge is 0.347 e. The van der Waals surface area contributed by atoms with E-state index in [0.717, 1.165) is 32.6 Å². The lowest BCUT2D eigenvalue weighted by molar-refractivity contribution is 0.0933. The van der Waals surface area contributed by atoms with E-state index in [4.69, 9.17) is 0 Å². The molecule has 7 heteroatoms. The zero-order valence-corrected chi connectivity index (χ0v) is 10.5. The molecule has 2 aliphatic rings. The van der Waals surface area contributed by atoms with Crippen LogP contribution in [0.15, 0.2) is 6.20 Å². The number of nitrogens with zero attached hydrogens (tertiary/aromatic N) is 4. The number of hydrogen-bond donors (Lipinski definition) is 2. The van der Waals surface area contributed by atoms with Crippen LogP contribution in [0.5, 0.6) is 0 Å². The van der Waals surface area contributed by atoms with Gasteiger partial charge in [0.2, 0.25) is 0 Å². The van der Waals surface area contributed by atoms with Gasteiger partial charge in [-0.15, -0.1) is 5.10 Å². The molecular weight excluding hydrogens is 232 g/mol. The molecule has 1 amide bonds. The zero-order chi connectivity index (χ0) is 12.5. The van der Waals surface area contributed by atoms with Crippen LogP contribution in [0.25, 0.3) is 0 Å². The first-order valence-corrected chi connectivity index (χ1v) is 6.34. The maximum Gasteiger partial charge on any atom is 0.273 e. The molecule has 3 rings (SSSR count). The number of amides is 1. The number of carbonyl (C=O) groups is 1. The van der Waals surface area contributed by atoms with E-state index in [1.165, 1.54) is 0 Å². The van der Waals surface area contributed by atoms with Gasteiger partial charge < -0.3 is 15.5 Å². The first kappa shape index (κ1) is 11.6. The van der Waals surface area contributed by atoms with Crippen molar-refractivity contribution >= 4 is 5.91 Å². The zero-order valence-electron chi connectivity index (χ0n) is 10.5. The molecule has 2 fully saturated rings. The maximum absolute atomic E-state index is 12.0. The van der Waals surface area contributed by atoms with Gasteiger partial charge in [0.15, 0.2) is 5.69 Å². The van der Waals surface area contributed by atoms with Crippen molar-refractivity contribution < 1.29 is 4.79 Å². The Morgan fingerprint density at radius 3 is 3.00 bits per heavy atom. The summed E-state index contributed by atoms with van der Waals surface area (Å²) in [6.07, 6.45) is 2.74. The molecule has 0 radical (unpaired) electrons. The predicted molar refractivity (Wildman–Crippen MR) is 65.3 cm³/mol. The van der Waals surface area contributed by atoms with Crippen LogP contribution in [-0.2, 0) is 0 Å². The number of hydrogen-bond acceptors (Lipinski definition) is 5. The molecule has 3 heterocycles. The molecule has 2 saturated heterocycles. The Hall–Kier alpha value is -1.47. The molecule has 2 aliphatic heterocycles. The lowest BCUT2D eigenvalue weighted by atomic mass is 10.2. The lowest BCUT2D eigenvalue weighted by Crippen LogP contribution is -2.43. The van der Waals surface area contributed by atoms with E-state index < -0.39 is 0 Å². The molecule has 0 aliphatic carbocycles. The number of likely N-dealkylation sites (N-methyl/N-ethyl adjacent to an activating group) is 1. The number of rotatable bonds is 3. The lowest BCUT2D eigenvalue weighted by Gasteiger charge is -2.26. The third-order valence-electron chi connectivity index (χ3n) is 3.60. The normalized spacial score (nSPS) is 25.1. The fraction of sp³-hybridized carbons (Fsp3) is 0.727. The van der Waals surface area contributed by atoms with E-state index in [1.807, 2.05) is 0 Å². The second-order valence-electron chi connectivity index (χ2n) is 5.12. The van der Waals surface area contributed by atoms with Crippen molar-refractivity contribution in [2.75, 3.05) is 33.2 Å². The molecule has 0 bridgehead atoms. The Labute approximate surface area is 106 Å². The summed E-state index contributed by atoms with van der Waals surface area (Å²) in [4.78, 5) is 14.2. The minimum Gasteiger partial charge on any atom is -0.347 e. The summed E-state index contributed by atoms with van der Waals surface area (Å²) < 4.78 is 1.77. The third-order valence-corrected chi connectivity index (χ3v) is 3.60. The van der Waals surface area contributed by atoms with Crippen molar-refractivity contribution in [3.8, 4) is 0 Å². The van der Waals surface area contributed by atoms with Crippen molar-refractivity contribution in [1.82, 2.24) is 30.5 Å². The number of aromatic nitrogens is 3. The van der Waals surface area contributed by atoms with E-state index >= 15 is 0 Å². The summed E-state index contributed by atoms with van der Waals surface area (Å²) in [6.45, 7) is 3.74. The second-order valence-corrected chi connectivity index (χ2v) is 5.12. The standard InChI is InChI=1S/C11H18N6O/c1-16-3-2-8(6-16)13-11(18)10-7-17(15-14-10)9-4-12-5-9/h7-9,12H,2-6H2,1H3,(H,13,18). The summed E-state index contributed by atoms with van der Waals surface area (Å²) >= 11 is 0. The van der Waals surface area contributed by atoms with Gasteiger partial charge >= 0.3 is 0 Å². The van der Waals surface area contributed by atoms with Gasteiger partial charge in [0.05, 0.1) is 12.2 Å². The minimum atomic E-state index is -0.117. The molecule has 2 N–H and O–H groups in total. The first-order valence-electron chi connectivity index (χ1n) is 6.34. The molecule has 7 nitrogen and oxygen atoms in total. The van der Waals surface area contributed by atoms with E-state index in [2.05, 4.69) is 32.9 Å². The minimum absolute atomic E-state index is 0.117. The van der Waals surface area contributed by atoms with Gasteiger partial charge in [0, 0.05) is 25.7 Å². The Balaban J connectivity index is 1.59. The summed E-state index contributed by atoms with van der Waals surface area (Å²) in [5.41, 5.74) is 0.413. The number of carbonyl (C=O) groups excluding carboxylic acids is 1. The van der Waals surface area contributed by atoms with E-state index in [-0.39, 0.29) is 11.9 Å². The smallest absolute Gasteiger partial charge is 0.273 e. The van der Waals surface area contributed by atoms with Crippen LogP contribution in [0.1, 0.15) is 23.0 Å². The van der Waals surface area contributed by atoms with Crippen LogP contribution in [-0.4, -0.2) is 65.1 Å². The molecule has 98 valence electrons. The average molecular weight is 250 g/mol. The van der Waals surface area contributed by atoms with Gasteiger partial charge in [-0.1, -0.05) is 5.21 Å². The van der Waals surface area contributed by atoms with Gasteiger partial charge in [-0.05, 0) is 20.0 Å². The van der Waals surface area contributed by atoms with Crippen molar-refractivity contribution in [2.45, 2.75) is 18.5 Å². The molecular formula is C11H18N6O. The van der Waals surface area contributed by atoms with Crippen molar-refractivity contribution in [3.63, 3.8) is 0 Å². The summed E-state index contributed by atoms with van der Waals surface area (Å²) in [7, 11) is 2.06. The average Bonchev–Trinajstić information content (AvgIpc) is 2.86. The molecule has 18 heavy (non-hydrogen) atoms. The van der Waals surface area contributed by atoms with E-state index in [0.29, 0.717) is 11.7 Å². The summed E-state index contributed by atoms with van der Waals surface area (Å²) in [6, 6.07) is 0.578. The molecule has 1 atom stereocenters. The van der Waals surface area contributed by atoms with Crippen molar-refractivity contribution in [3.05, 3.63) is 11.9 Å². The third kappa shape index (κ3) is 2.23. The van der Waals surface area contributed by atoms with Crippen LogP contribution < -0.4 is 10.6 Å². The van der Waals surface area contributed by atoms with Gasteiger partial charge in [-0.25, -0.2) is 4.68 Å². The van der Waals surface area contributed by atoms with Gasteiger partial charge in [0.1, 0.15) is 0 Å². The van der Waals surface area contributed by atoms with Gasteiger partial charge in [0.25, 0.3) is 5.91 Å². The molecule has 0 aromatic carbocycles. The fourth-order valence-corrected chi connectivity index (χ4v) is 2.33. The Kier molecular flexibility index (Phi) is 3.00. The van der Waals surface area contributed by atoms with Crippen LogP contribution in [0.3, 0.4) is 0 Å². The highest BCUT2D eigenvalue weighted by Gasteiger charge is 2.24. The van der Waals surface area contributed by atoms with Crippen LogP contribution in [0, 0.1) is 0 Å². The number of nitrogens with one attached hydrogen (secondary N) is 2. The first-order chi connectivity index (χ1) is 8.72. The highest BCUT2D eigenvalue weighted by molar-refractivity contribution is 5.92. The molecule has 1 aromatic heterocycles. The quantitative estimate of drug-likeness (QED) is 0.709. The Morgan fingerprint density at radius 2 is 2.39 bits per heavy atom. The van der Waals surface area contributed by atoms with Gasteiger partial charge in [-0.2, -0.15) is 0 Å². The second kappa shape index (κ2) is 4.66. The van der Waals surface area contributed by atoms with E-state index in [9.17, 15) is 4.79 Å². The van der Waals surface area contributed by atoms with Crippen molar-refractivity contribution in [2.24, 2.45) is 0 Å². The van der Waals surface area contributed by atoms with Crippen LogP contribution >= 0.6 is 0 Å². The Morgan fingerprint density at radius 1 is 1.56 bits per heavy atom. The molecule has 0 saturated carbocycles. The highest BCUT2D eigenvalue weighted by atomic mass is 16.2. The van der Waals surface area contributed by atoms with E-state index in [1.54, 1.807) is 10.9 Å².